The molecule has 0 aromatic heterocycles. The summed E-state index contributed by atoms with van der Waals surface area (Å²) in [5, 5.41) is 11.8. The van der Waals surface area contributed by atoms with Crippen molar-refractivity contribution in [2.75, 3.05) is 13.2 Å². The number of carboxylic acid groups (broad SMARTS) is 1. The largest absolute Gasteiger partial charge is 0.494 e. The molecular weight excluding hydrogens is 294 g/mol. The zero-order chi connectivity index (χ0) is 17.3. The third-order valence-corrected chi connectivity index (χ3v) is 3.71. The number of carbonyl (C=O) groups is 2. The second-order valence-electron chi connectivity index (χ2n) is 6.41. The molecule has 0 unspecified atom stereocenters. The standard InChI is InChI=1S/C18H27NO4/c1-14-7-6-8-15(13-14)23-12-5-4-9-16(20)19-11-10-18(2,3)17(21)22/h6-8,13H,4-5,9-12H2,1-3H3,(H,19,20)(H,21,22). The van der Waals surface area contributed by atoms with Gasteiger partial charge in [-0.1, -0.05) is 12.1 Å². The molecule has 5 nitrogen and oxygen atoms in total. The third-order valence-electron chi connectivity index (χ3n) is 3.71. The molecule has 0 aliphatic rings. The van der Waals surface area contributed by atoms with E-state index in [0.29, 0.717) is 26.0 Å². The molecule has 1 aromatic carbocycles. The lowest BCUT2D eigenvalue weighted by molar-refractivity contribution is -0.147. The molecule has 1 amide bonds. The third kappa shape index (κ3) is 7.68. The fraction of sp³-hybridized carbons (Fsp3) is 0.556. The number of aryl methyl sites for hydroxylation is 1. The maximum atomic E-state index is 11.7. The van der Waals surface area contributed by atoms with Gasteiger partial charge in [-0.05, 0) is 57.7 Å². The topological polar surface area (TPSA) is 75.6 Å². The Morgan fingerprint density at radius 3 is 2.65 bits per heavy atom. The van der Waals surface area contributed by atoms with Crippen LogP contribution in [-0.4, -0.2) is 30.1 Å². The van der Waals surface area contributed by atoms with E-state index in [0.717, 1.165) is 24.2 Å². The van der Waals surface area contributed by atoms with E-state index in [1.54, 1.807) is 13.8 Å². The van der Waals surface area contributed by atoms with Crippen molar-refractivity contribution in [3.8, 4) is 5.75 Å². The molecule has 0 radical (unpaired) electrons. The van der Waals surface area contributed by atoms with Gasteiger partial charge in [-0.15, -0.1) is 0 Å². The van der Waals surface area contributed by atoms with Crippen LogP contribution in [-0.2, 0) is 9.59 Å². The first-order valence-corrected chi connectivity index (χ1v) is 8.01. The second-order valence-corrected chi connectivity index (χ2v) is 6.41. The van der Waals surface area contributed by atoms with Crippen LogP contribution in [0.15, 0.2) is 24.3 Å². The van der Waals surface area contributed by atoms with Crippen LogP contribution in [0.2, 0.25) is 0 Å². The van der Waals surface area contributed by atoms with Gasteiger partial charge in [0.15, 0.2) is 0 Å². The van der Waals surface area contributed by atoms with Gasteiger partial charge in [-0.3, -0.25) is 9.59 Å². The average Bonchev–Trinajstić information content (AvgIpc) is 2.46. The summed E-state index contributed by atoms with van der Waals surface area (Å²) in [4.78, 5) is 22.6. The van der Waals surface area contributed by atoms with Crippen LogP contribution in [0.4, 0.5) is 0 Å². The molecule has 0 fully saturated rings. The minimum Gasteiger partial charge on any atom is -0.494 e. The van der Waals surface area contributed by atoms with Crippen molar-refractivity contribution in [1.29, 1.82) is 0 Å². The van der Waals surface area contributed by atoms with E-state index < -0.39 is 11.4 Å². The Hall–Kier alpha value is -2.04. The maximum absolute atomic E-state index is 11.7. The van der Waals surface area contributed by atoms with E-state index in [1.165, 1.54) is 0 Å². The molecule has 0 saturated heterocycles. The second kappa shape index (κ2) is 9.18. The molecule has 0 aliphatic heterocycles. The molecular formula is C18H27NO4. The summed E-state index contributed by atoms with van der Waals surface area (Å²) in [5.41, 5.74) is 0.348. The lowest BCUT2D eigenvalue weighted by atomic mass is 9.90. The number of unbranched alkanes of at least 4 members (excludes halogenated alkanes) is 1. The van der Waals surface area contributed by atoms with Crippen molar-refractivity contribution in [1.82, 2.24) is 5.32 Å². The van der Waals surface area contributed by atoms with Crippen LogP contribution in [0.25, 0.3) is 0 Å². The predicted octanol–water partition coefficient (Wildman–Crippen LogP) is 3.16. The molecule has 0 atom stereocenters. The molecule has 128 valence electrons. The van der Waals surface area contributed by atoms with Crippen LogP contribution in [0.1, 0.15) is 45.1 Å². The molecule has 1 aromatic rings. The number of aliphatic carboxylic acids is 1. The van der Waals surface area contributed by atoms with Crippen molar-refractivity contribution in [2.45, 2.75) is 46.5 Å². The molecule has 2 N–H and O–H groups in total. The van der Waals surface area contributed by atoms with Crippen molar-refractivity contribution in [3.63, 3.8) is 0 Å². The average molecular weight is 321 g/mol. The number of amides is 1. The number of ether oxygens (including phenoxy) is 1. The Labute approximate surface area is 138 Å². The Morgan fingerprint density at radius 1 is 1.26 bits per heavy atom. The molecule has 0 heterocycles. The summed E-state index contributed by atoms with van der Waals surface area (Å²) in [6.07, 6.45) is 2.41. The summed E-state index contributed by atoms with van der Waals surface area (Å²) >= 11 is 0. The summed E-state index contributed by atoms with van der Waals surface area (Å²) in [5.74, 6) is -0.0351. The molecule has 0 spiro atoms. The van der Waals surface area contributed by atoms with Crippen LogP contribution >= 0.6 is 0 Å². The zero-order valence-electron chi connectivity index (χ0n) is 14.2. The quantitative estimate of drug-likeness (QED) is 0.649. The highest BCUT2D eigenvalue weighted by Crippen LogP contribution is 2.19. The van der Waals surface area contributed by atoms with Gasteiger partial charge < -0.3 is 15.2 Å². The van der Waals surface area contributed by atoms with Crippen molar-refractivity contribution >= 4 is 11.9 Å². The van der Waals surface area contributed by atoms with E-state index >= 15 is 0 Å². The molecule has 0 aliphatic carbocycles. The lowest BCUT2D eigenvalue weighted by Gasteiger charge is -2.18. The zero-order valence-corrected chi connectivity index (χ0v) is 14.2. The van der Waals surface area contributed by atoms with Crippen LogP contribution in [0.3, 0.4) is 0 Å². The Bertz CT molecular complexity index is 526. The first-order chi connectivity index (χ1) is 10.8. The van der Waals surface area contributed by atoms with Crippen LogP contribution in [0.5, 0.6) is 5.75 Å². The lowest BCUT2D eigenvalue weighted by Crippen LogP contribution is -2.31. The van der Waals surface area contributed by atoms with E-state index in [-0.39, 0.29) is 5.91 Å². The highest BCUT2D eigenvalue weighted by atomic mass is 16.5. The SMILES string of the molecule is Cc1cccc(OCCCCC(=O)NCCC(C)(C)C(=O)O)c1. The van der Waals surface area contributed by atoms with E-state index in [1.807, 2.05) is 31.2 Å². The molecule has 23 heavy (non-hydrogen) atoms. The molecule has 0 bridgehead atoms. The number of carboxylic acids is 1. The van der Waals surface area contributed by atoms with E-state index in [9.17, 15) is 9.59 Å². The molecule has 0 saturated carbocycles. The van der Waals surface area contributed by atoms with E-state index in [4.69, 9.17) is 9.84 Å². The number of hydrogen-bond acceptors (Lipinski definition) is 3. The van der Waals surface area contributed by atoms with Crippen LogP contribution < -0.4 is 10.1 Å². The highest BCUT2D eigenvalue weighted by Gasteiger charge is 2.26. The number of rotatable bonds is 10. The number of hydrogen-bond donors (Lipinski definition) is 2. The van der Waals surface area contributed by atoms with Gasteiger partial charge in [0.05, 0.1) is 12.0 Å². The fourth-order valence-electron chi connectivity index (χ4n) is 1.99. The fourth-order valence-corrected chi connectivity index (χ4v) is 1.99. The Morgan fingerprint density at radius 2 is 2.00 bits per heavy atom. The van der Waals surface area contributed by atoms with Gasteiger partial charge >= 0.3 is 5.97 Å². The number of carbonyl (C=O) groups excluding carboxylic acids is 1. The first-order valence-electron chi connectivity index (χ1n) is 8.01. The summed E-state index contributed by atoms with van der Waals surface area (Å²) < 4.78 is 5.62. The van der Waals surface area contributed by atoms with Gasteiger partial charge in [-0.2, -0.15) is 0 Å². The minimum atomic E-state index is -0.847. The molecule has 1 rings (SSSR count). The summed E-state index contributed by atoms with van der Waals surface area (Å²) in [6.45, 7) is 6.30. The van der Waals surface area contributed by atoms with Gasteiger partial charge in [0, 0.05) is 13.0 Å². The number of benzene rings is 1. The smallest absolute Gasteiger partial charge is 0.309 e. The van der Waals surface area contributed by atoms with Gasteiger partial charge in [0.25, 0.3) is 0 Å². The molecule has 5 heteroatoms. The van der Waals surface area contributed by atoms with Crippen molar-refractivity contribution < 1.29 is 19.4 Å². The first kappa shape index (κ1) is 19.0. The van der Waals surface area contributed by atoms with Gasteiger partial charge in [0.2, 0.25) is 5.91 Å². The van der Waals surface area contributed by atoms with Crippen molar-refractivity contribution in [2.24, 2.45) is 5.41 Å². The van der Waals surface area contributed by atoms with Gasteiger partial charge in [0.1, 0.15) is 5.75 Å². The van der Waals surface area contributed by atoms with Gasteiger partial charge in [-0.25, -0.2) is 0 Å². The van der Waals surface area contributed by atoms with E-state index in [2.05, 4.69) is 5.32 Å². The van der Waals surface area contributed by atoms with Crippen LogP contribution in [0, 0.1) is 12.3 Å². The summed E-state index contributed by atoms with van der Waals surface area (Å²) in [7, 11) is 0. The monoisotopic (exact) mass is 321 g/mol. The van der Waals surface area contributed by atoms with Crippen molar-refractivity contribution in [3.05, 3.63) is 29.8 Å². The normalized spacial score (nSPS) is 11.1. The highest BCUT2D eigenvalue weighted by molar-refractivity contribution is 5.76. The Balaban J connectivity index is 2.09. The maximum Gasteiger partial charge on any atom is 0.309 e. The summed E-state index contributed by atoms with van der Waals surface area (Å²) in [6, 6.07) is 7.88. The number of nitrogens with one attached hydrogen (secondary N) is 1. The Kier molecular flexibility index (Phi) is 7.59. The minimum absolute atomic E-state index is 0.0401. The predicted molar refractivity (Wildman–Crippen MR) is 89.6 cm³/mol.